The topological polar surface area (TPSA) is 154 Å². The molecule has 0 amide bonds. The molecule has 14 heteroatoms. The molecular weight excluding hydrogens is 511 g/mol. The first kappa shape index (κ1) is 26.6. The molecule has 0 spiro atoms. The summed E-state index contributed by atoms with van der Waals surface area (Å²) >= 11 is 5.94. The lowest BCUT2D eigenvalue weighted by molar-refractivity contribution is -0.281. The van der Waals surface area contributed by atoms with Gasteiger partial charge in [0.1, 0.15) is 5.52 Å². The van der Waals surface area contributed by atoms with E-state index in [0.29, 0.717) is 6.42 Å². The van der Waals surface area contributed by atoms with Crippen LogP contribution in [-0.2, 0) is 35.0 Å². The highest BCUT2D eigenvalue weighted by molar-refractivity contribution is 6.28. The quantitative estimate of drug-likeness (QED) is 0.244. The Kier molecular flexibility index (Phi) is 7.57. The summed E-state index contributed by atoms with van der Waals surface area (Å²) in [6, 6.07) is 3.57. The van der Waals surface area contributed by atoms with Gasteiger partial charge in [-0.3, -0.25) is 19.1 Å². The molecule has 0 aromatic carbocycles. The Hall–Kier alpha value is -3.42. The Labute approximate surface area is 216 Å². The van der Waals surface area contributed by atoms with Gasteiger partial charge in [-0.1, -0.05) is 6.07 Å². The minimum atomic E-state index is -2.11. The number of anilines is 1. The van der Waals surface area contributed by atoms with E-state index in [-0.39, 0.29) is 35.2 Å². The summed E-state index contributed by atoms with van der Waals surface area (Å²) in [6.45, 7) is 4.54. The molecule has 1 fully saturated rings. The number of ether oxygens (including phenoxy) is 4. The predicted octanol–water partition coefficient (Wildman–Crippen LogP) is 2.55. The van der Waals surface area contributed by atoms with Gasteiger partial charge < -0.3 is 24.7 Å². The van der Waals surface area contributed by atoms with E-state index < -0.39 is 42.5 Å². The van der Waals surface area contributed by atoms with E-state index in [2.05, 4.69) is 19.9 Å². The highest BCUT2D eigenvalue weighted by Crippen LogP contribution is 2.44. The van der Waals surface area contributed by atoms with E-state index in [1.165, 1.54) is 10.9 Å². The Morgan fingerprint density at radius 3 is 2.84 bits per heavy atom. The molecular formula is C23H26ClFN6O6. The van der Waals surface area contributed by atoms with Gasteiger partial charge in [0.05, 0.1) is 11.9 Å². The maximum Gasteiger partial charge on any atom is 0.306 e. The number of alkyl halides is 1. The number of pyridine rings is 1. The van der Waals surface area contributed by atoms with Crippen LogP contribution in [0.3, 0.4) is 0 Å². The van der Waals surface area contributed by atoms with Crippen molar-refractivity contribution in [1.29, 1.82) is 0 Å². The molecule has 4 rings (SSSR count). The fourth-order valence-electron chi connectivity index (χ4n) is 3.94. The first-order valence-electron chi connectivity index (χ1n) is 11.3. The number of hydrogen-bond acceptors (Lipinski definition) is 11. The fourth-order valence-corrected chi connectivity index (χ4v) is 4.11. The first-order chi connectivity index (χ1) is 17.5. The highest BCUT2D eigenvalue weighted by atomic mass is 35.5. The first-order valence-corrected chi connectivity index (χ1v) is 11.7. The van der Waals surface area contributed by atoms with E-state index in [4.69, 9.17) is 36.3 Å². The third-order valence-electron chi connectivity index (χ3n) is 5.51. The molecule has 3 aromatic heterocycles. The van der Waals surface area contributed by atoms with Crippen LogP contribution in [0.2, 0.25) is 5.28 Å². The number of esters is 1. The van der Waals surface area contributed by atoms with Gasteiger partial charge in [-0.2, -0.15) is 9.97 Å². The molecule has 4 unspecified atom stereocenters. The van der Waals surface area contributed by atoms with Crippen molar-refractivity contribution in [3.63, 3.8) is 0 Å². The minimum Gasteiger partial charge on any atom is -0.459 e. The summed E-state index contributed by atoms with van der Waals surface area (Å²) in [5.74, 6) is -2.74. The molecule has 0 radical (unpaired) electrons. The van der Waals surface area contributed by atoms with Crippen LogP contribution in [0.5, 0.6) is 0 Å². The van der Waals surface area contributed by atoms with Gasteiger partial charge in [0.2, 0.25) is 5.28 Å². The number of carbonyl (C=O) groups is 2. The van der Waals surface area contributed by atoms with Crippen molar-refractivity contribution in [1.82, 2.24) is 24.5 Å². The summed E-state index contributed by atoms with van der Waals surface area (Å²) in [6.07, 6.45) is 0.0304. The number of aromatic nitrogens is 5. The van der Waals surface area contributed by atoms with Gasteiger partial charge in [-0.15, -0.1) is 0 Å². The summed E-state index contributed by atoms with van der Waals surface area (Å²) < 4.78 is 39.8. The van der Waals surface area contributed by atoms with E-state index in [1.807, 2.05) is 6.07 Å². The van der Waals surface area contributed by atoms with E-state index in [9.17, 15) is 9.59 Å². The largest absolute Gasteiger partial charge is 0.459 e. The molecule has 3 aromatic rings. The Morgan fingerprint density at radius 2 is 2.16 bits per heavy atom. The molecule has 1 aliphatic heterocycles. The molecule has 4 heterocycles. The number of aryl methyl sites for hydroxylation is 1. The third kappa shape index (κ3) is 5.78. The lowest BCUT2D eigenvalue weighted by atomic mass is 10.1. The Bertz CT molecular complexity index is 1270. The smallest absolute Gasteiger partial charge is 0.306 e. The standard InChI is InChI=1S/C23H26ClFN6O6/c1-22(2,3)36-17-15(25)20(31-11-28-16-18(26)29-21(24)30-19(16)31)37-23(17,35-12-32)10-34-14(33)7-6-13-5-4-8-27-9-13/h4-5,8-9,11-12,15,17,20H,6-7,10H2,1-3H3,(H2,26,29,30). The molecule has 0 saturated carbocycles. The third-order valence-corrected chi connectivity index (χ3v) is 5.68. The average molecular weight is 537 g/mol. The molecule has 0 bridgehead atoms. The molecule has 4 atom stereocenters. The van der Waals surface area contributed by atoms with E-state index in [1.54, 1.807) is 39.2 Å². The van der Waals surface area contributed by atoms with E-state index >= 15 is 4.39 Å². The fraction of sp³-hybridized carbons (Fsp3) is 0.478. The van der Waals surface area contributed by atoms with Gasteiger partial charge in [-0.05, 0) is 50.4 Å². The summed E-state index contributed by atoms with van der Waals surface area (Å²) in [4.78, 5) is 40.1. The average Bonchev–Trinajstić information content (AvgIpc) is 3.36. The highest BCUT2D eigenvalue weighted by Gasteiger charge is 2.61. The SMILES string of the molecule is CC(C)(C)OC1C(F)C(n2cnc3c(N)nc(Cl)nc32)OC1(COC(=O)CCc1cccnc1)OC=O. The van der Waals surface area contributed by atoms with Crippen LogP contribution in [0.15, 0.2) is 30.9 Å². The number of nitrogens with two attached hydrogens (primary N) is 1. The number of rotatable bonds is 9. The zero-order valence-corrected chi connectivity index (χ0v) is 21.1. The monoisotopic (exact) mass is 536 g/mol. The van der Waals surface area contributed by atoms with Crippen molar-refractivity contribution in [2.24, 2.45) is 0 Å². The van der Waals surface area contributed by atoms with Crippen molar-refractivity contribution >= 4 is 41.0 Å². The molecule has 2 N–H and O–H groups in total. The number of hydrogen-bond donors (Lipinski definition) is 1. The van der Waals surface area contributed by atoms with Crippen molar-refractivity contribution in [2.75, 3.05) is 12.3 Å². The normalized spacial score (nSPS) is 23.8. The van der Waals surface area contributed by atoms with Crippen LogP contribution in [0, 0.1) is 0 Å². The molecule has 0 aliphatic carbocycles. The Morgan fingerprint density at radius 1 is 1.38 bits per heavy atom. The number of halogens is 2. The second-order valence-electron chi connectivity index (χ2n) is 9.35. The molecule has 12 nitrogen and oxygen atoms in total. The van der Waals surface area contributed by atoms with Crippen molar-refractivity contribution in [3.05, 3.63) is 41.7 Å². The van der Waals surface area contributed by atoms with Crippen molar-refractivity contribution < 1.29 is 32.9 Å². The lowest BCUT2D eigenvalue weighted by Crippen LogP contribution is -2.52. The maximum absolute atomic E-state index is 16.0. The van der Waals surface area contributed by atoms with Gasteiger partial charge >= 0.3 is 5.97 Å². The van der Waals surface area contributed by atoms with E-state index in [0.717, 1.165) is 5.56 Å². The van der Waals surface area contributed by atoms with Crippen LogP contribution in [0.4, 0.5) is 10.2 Å². The van der Waals surface area contributed by atoms with Gasteiger partial charge in [0, 0.05) is 18.8 Å². The van der Waals surface area contributed by atoms with Crippen LogP contribution < -0.4 is 5.73 Å². The predicted molar refractivity (Wildman–Crippen MR) is 128 cm³/mol. The van der Waals surface area contributed by atoms with Crippen LogP contribution >= 0.6 is 11.6 Å². The number of nitrogens with zero attached hydrogens (tertiary/aromatic N) is 5. The molecule has 37 heavy (non-hydrogen) atoms. The van der Waals surface area contributed by atoms with Crippen LogP contribution in [0.1, 0.15) is 39.0 Å². The Balaban J connectivity index is 1.62. The number of fused-ring (bicyclic) bond motifs is 1. The zero-order valence-electron chi connectivity index (χ0n) is 20.3. The number of imidazole rings is 1. The van der Waals surface area contributed by atoms with Gasteiger partial charge in [-0.25, -0.2) is 9.37 Å². The van der Waals surface area contributed by atoms with Crippen molar-refractivity contribution in [3.8, 4) is 0 Å². The number of carbonyl (C=O) groups excluding carboxylic acids is 2. The maximum atomic E-state index is 16.0. The minimum absolute atomic E-state index is 0.0109. The summed E-state index contributed by atoms with van der Waals surface area (Å²) in [7, 11) is 0. The molecule has 198 valence electrons. The second-order valence-corrected chi connectivity index (χ2v) is 9.69. The van der Waals surface area contributed by atoms with Crippen molar-refractivity contribution in [2.45, 2.75) is 63.5 Å². The zero-order chi connectivity index (χ0) is 26.8. The van der Waals surface area contributed by atoms with Gasteiger partial charge in [0.25, 0.3) is 12.3 Å². The molecule has 1 aliphatic rings. The summed E-state index contributed by atoms with van der Waals surface area (Å²) in [5, 5.41) is -0.180. The summed E-state index contributed by atoms with van der Waals surface area (Å²) in [5.41, 5.74) is 6.07. The van der Waals surface area contributed by atoms with Gasteiger partial charge in [0.15, 0.2) is 36.6 Å². The molecule has 1 saturated heterocycles. The van der Waals surface area contributed by atoms with Crippen LogP contribution in [-0.4, -0.2) is 67.2 Å². The lowest BCUT2D eigenvalue weighted by Gasteiger charge is -2.35. The van der Waals surface area contributed by atoms with Crippen LogP contribution in [0.25, 0.3) is 11.2 Å². The second kappa shape index (κ2) is 10.5. The number of nitrogen functional groups attached to an aromatic ring is 1.